The van der Waals surface area contributed by atoms with E-state index in [0.717, 1.165) is 62.7 Å². The van der Waals surface area contributed by atoms with Gasteiger partial charge in [-0.2, -0.15) is 0 Å². The molecule has 450 valence electrons. The van der Waals surface area contributed by atoms with E-state index >= 15 is 28.8 Å². The second-order valence-corrected chi connectivity index (χ2v) is 28.4. The minimum absolute atomic E-state index is 0.0376. The number of esters is 4. The highest BCUT2D eigenvalue weighted by atomic mass is 32.1. The Hall–Kier alpha value is -8.12. The van der Waals surface area contributed by atoms with Gasteiger partial charge in [-0.3, -0.25) is 38.4 Å². The first-order valence-electron chi connectivity index (χ1n) is 31.1. The Balaban J connectivity index is 0.945. The number of carbonyl (C=O) groups is 8. The molecule has 6 fully saturated rings. The molecule has 89 heavy (non-hydrogen) atoms. The Morgan fingerprint density at radius 2 is 0.809 bits per heavy atom. The van der Waals surface area contributed by atoms with E-state index in [1.165, 1.54) is 28.7 Å². The van der Waals surface area contributed by atoms with Crippen LogP contribution < -0.4 is 0 Å². The van der Waals surface area contributed by atoms with Crippen molar-refractivity contribution in [1.29, 1.82) is 0 Å². The molecule has 0 N–H and O–H groups in total. The molecular formula is C72H62N2O12S3. The zero-order valence-electron chi connectivity index (χ0n) is 48.7. The summed E-state index contributed by atoms with van der Waals surface area (Å²) in [7, 11) is 0. The normalized spacial score (nSPS) is 25.4. The van der Waals surface area contributed by atoms with Crippen LogP contribution in [0, 0.1) is 52.8 Å². The maximum absolute atomic E-state index is 16.3. The highest BCUT2D eigenvalue weighted by Crippen LogP contribution is 2.67. The van der Waals surface area contributed by atoms with Gasteiger partial charge >= 0.3 is 23.9 Å². The SMILES string of the molecule is O=C1C(=NC2=CC3=C(c4sc5c(sc6cc(N=C7C(=O)C8CC9CCCCC9CC8C7=O)sc65)c4C3(C(=O)OCc3ccccc3)C(=O)OCc3ccccc3)C2(C(=O)OCc2ccccc2)C(=O)OCc2ccccc2)C(=O)C2CC3CCCCC3CC12. The van der Waals surface area contributed by atoms with Gasteiger partial charge < -0.3 is 18.9 Å². The molecule has 14 nitrogen and oxygen atoms in total. The third-order valence-corrected chi connectivity index (χ3v) is 24.2. The second-order valence-electron chi connectivity index (χ2n) is 25.3. The number of nitrogens with zero attached hydrogens (tertiary/aromatic N) is 2. The van der Waals surface area contributed by atoms with Crippen LogP contribution in [0.4, 0.5) is 5.00 Å². The van der Waals surface area contributed by atoms with Crippen molar-refractivity contribution in [3.8, 4) is 0 Å². The lowest BCUT2D eigenvalue weighted by Gasteiger charge is -2.39. The maximum atomic E-state index is 16.3. The quantitative estimate of drug-likeness (QED) is 0.0568. The van der Waals surface area contributed by atoms with Crippen molar-refractivity contribution in [2.75, 3.05) is 0 Å². The molecule has 0 saturated heterocycles. The molecule has 15 rings (SSSR count). The van der Waals surface area contributed by atoms with Crippen molar-refractivity contribution < 1.29 is 57.3 Å². The summed E-state index contributed by atoms with van der Waals surface area (Å²) >= 11 is 3.61. The molecule has 6 saturated carbocycles. The van der Waals surface area contributed by atoms with E-state index < -0.39 is 69.5 Å². The first-order valence-corrected chi connectivity index (χ1v) is 33.5. The van der Waals surface area contributed by atoms with Gasteiger partial charge in [-0.05, 0) is 89.3 Å². The largest absolute Gasteiger partial charge is 0.459 e. The van der Waals surface area contributed by atoms with Crippen LogP contribution in [-0.2, 0) is 89.1 Å². The number of aliphatic imine (C=N–C) groups is 2. The highest BCUT2D eigenvalue weighted by molar-refractivity contribution is 7.40. The molecule has 0 radical (unpaired) electrons. The number of rotatable bonds is 14. The average Bonchev–Trinajstić information content (AvgIpc) is 1.49. The van der Waals surface area contributed by atoms with Crippen LogP contribution in [-0.4, -0.2) is 58.4 Å². The van der Waals surface area contributed by atoms with Crippen molar-refractivity contribution in [3.05, 3.63) is 177 Å². The zero-order valence-corrected chi connectivity index (χ0v) is 51.1. The third-order valence-electron chi connectivity index (χ3n) is 20.4. The number of hydrogen-bond acceptors (Lipinski definition) is 17. The van der Waals surface area contributed by atoms with Gasteiger partial charge in [0.25, 0.3) is 0 Å². The Morgan fingerprint density at radius 1 is 0.438 bits per heavy atom. The molecular weight excluding hydrogens is 1180 g/mol. The van der Waals surface area contributed by atoms with Gasteiger partial charge in [-0.15, -0.1) is 34.0 Å². The molecule has 8 atom stereocenters. The Morgan fingerprint density at radius 3 is 1.20 bits per heavy atom. The van der Waals surface area contributed by atoms with E-state index in [-0.39, 0.29) is 89.0 Å². The molecule has 8 unspecified atom stereocenters. The smallest absolute Gasteiger partial charge is 0.334 e. The van der Waals surface area contributed by atoms with Crippen molar-refractivity contribution >= 4 is 122 Å². The van der Waals surface area contributed by atoms with Crippen LogP contribution in [0.1, 0.15) is 110 Å². The fraction of sp³-hybridized carbons (Fsp3) is 0.361. The number of allylic oxidation sites excluding steroid dienone is 1. The number of benzene rings is 4. The van der Waals surface area contributed by atoms with Crippen LogP contribution in [0.25, 0.3) is 24.4 Å². The number of hydrogen-bond donors (Lipinski definition) is 0. The molecule has 0 spiro atoms. The highest BCUT2D eigenvalue weighted by Gasteiger charge is 2.71. The number of ether oxygens (including phenoxy) is 4. The topological polar surface area (TPSA) is 198 Å². The lowest BCUT2D eigenvalue weighted by Crippen LogP contribution is -2.46. The number of ketones is 4. The van der Waals surface area contributed by atoms with Crippen molar-refractivity contribution in [2.24, 2.45) is 62.7 Å². The number of fused-ring (bicyclic) bond motifs is 10. The summed E-state index contributed by atoms with van der Waals surface area (Å²) in [6.07, 6.45) is 12.1. The number of Topliss-reactive ketones (excluding diaryl/α,β-unsaturated/α-hetero) is 4. The van der Waals surface area contributed by atoms with E-state index in [1.54, 1.807) is 103 Å². The number of carbonyl (C=O) groups excluding carboxylic acids is 8. The van der Waals surface area contributed by atoms with Crippen LogP contribution in [0.15, 0.2) is 155 Å². The molecule has 3 aromatic heterocycles. The Kier molecular flexibility index (Phi) is 14.8. The first kappa shape index (κ1) is 57.3. The summed E-state index contributed by atoms with van der Waals surface area (Å²) in [6, 6.07) is 37.4. The van der Waals surface area contributed by atoms with Gasteiger partial charge in [-0.1, -0.05) is 173 Å². The minimum Gasteiger partial charge on any atom is -0.459 e. The summed E-state index contributed by atoms with van der Waals surface area (Å²) in [4.78, 5) is 134. The summed E-state index contributed by atoms with van der Waals surface area (Å²) < 4.78 is 27.8. The van der Waals surface area contributed by atoms with Crippen molar-refractivity contribution in [3.63, 3.8) is 0 Å². The maximum Gasteiger partial charge on any atom is 0.334 e. The Labute approximate surface area is 525 Å². The number of thiophene rings is 3. The summed E-state index contributed by atoms with van der Waals surface area (Å²) in [6.45, 7) is -1.32. The van der Waals surface area contributed by atoms with Crippen LogP contribution in [0.3, 0.4) is 0 Å². The van der Waals surface area contributed by atoms with Gasteiger partial charge in [0.2, 0.25) is 10.8 Å². The predicted molar refractivity (Wildman–Crippen MR) is 337 cm³/mol. The minimum atomic E-state index is -2.82. The second kappa shape index (κ2) is 23.0. The lowest BCUT2D eigenvalue weighted by molar-refractivity contribution is -0.167. The Bertz CT molecular complexity index is 4050. The van der Waals surface area contributed by atoms with Crippen LogP contribution in [0.2, 0.25) is 0 Å². The lowest BCUT2D eigenvalue weighted by atomic mass is 9.64. The molecule has 4 aromatic carbocycles. The van der Waals surface area contributed by atoms with Gasteiger partial charge in [0.15, 0.2) is 28.8 Å². The first-order chi connectivity index (χ1) is 43.4. The molecule has 7 aromatic rings. The fourth-order valence-corrected chi connectivity index (χ4v) is 20.4. The predicted octanol–water partition coefficient (Wildman–Crippen LogP) is 13.5. The molecule has 8 aliphatic rings. The standard InChI is InChI=1S/C72H62N2O12S3/c75-59-47-29-43-25-13-14-26-44(43)30-48(47)60(76)57(59)73-53-33-51-55(72(53,69(81)85-37-41-21-9-3-10-22-41)70(82)86-38-42-23-11-4-12-24-42)64-56(71(51,67(79)83-35-39-17-5-1-6-18-39)68(80)84-36-40-19-7-2-8-20-40)65-66(89-64)63-52(87-65)34-54(88-63)74-58-61(77)49-31-45-27-15-16-28-46(45)32-50(49)62(58)78/h1-12,17-24,33-34,43-50H,13-16,25-32,35-38H2. The van der Waals surface area contributed by atoms with Crippen LogP contribution >= 0.6 is 34.0 Å². The van der Waals surface area contributed by atoms with E-state index in [1.807, 2.05) is 24.3 Å². The molecule has 0 bridgehead atoms. The van der Waals surface area contributed by atoms with E-state index in [0.29, 0.717) is 83.6 Å². The molecule has 8 aliphatic carbocycles. The van der Waals surface area contributed by atoms with Crippen LogP contribution in [0.5, 0.6) is 0 Å². The third kappa shape index (κ3) is 9.50. The summed E-state index contributed by atoms with van der Waals surface area (Å²) in [5, 5.41) is 0.417. The summed E-state index contributed by atoms with van der Waals surface area (Å²) in [5.41, 5.74) is -4.29. The molecule has 17 heteroatoms. The van der Waals surface area contributed by atoms with E-state index in [4.69, 9.17) is 28.9 Å². The van der Waals surface area contributed by atoms with Gasteiger partial charge in [0.05, 0.1) is 19.8 Å². The fourth-order valence-electron chi connectivity index (χ4n) is 16.1. The van der Waals surface area contributed by atoms with Crippen molar-refractivity contribution in [1.82, 2.24) is 0 Å². The van der Waals surface area contributed by atoms with Gasteiger partial charge in [0.1, 0.15) is 37.1 Å². The van der Waals surface area contributed by atoms with E-state index in [9.17, 15) is 9.59 Å². The summed E-state index contributed by atoms with van der Waals surface area (Å²) in [5.74, 6) is -6.73. The molecule has 3 heterocycles. The van der Waals surface area contributed by atoms with E-state index in [2.05, 4.69) is 0 Å². The van der Waals surface area contributed by atoms with Gasteiger partial charge in [-0.25, -0.2) is 9.98 Å². The molecule has 0 aliphatic heterocycles. The average molecular weight is 1240 g/mol. The zero-order chi connectivity index (χ0) is 60.7. The monoisotopic (exact) mass is 1240 g/mol. The van der Waals surface area contributed by atoms with Gasteiger partial charge in [0, 0.05) is 44.4 Å². The van der Waals surface area contributed by atoms with Crippen molar-refractivity contribution in [2.45, 2.75) is 109 Å². The molecule has 0 amide bonds.